The van der Waals surface area contributed by atoms with E-state index in [1.54, 1.807) is 24.0 Å². The Balaban J connectivity index is 2.13. The number of carbonyl (C=O) groups is 1. The monoisotopic (exact) mass is 259 g/mol. The fourth-order valence-electron chi connectivity index (χ4n) is 1.85. The lowest BCUT2D eigenvalue weighted by molar-refractivity contribution is -0.118. The number of aromatic nitrogens is 3. The Morgan fingerprint density at radius 1 is 1.42 bits per heavy atom. The highest BCUT2D eigenvalue weighted by Gasteiger charge is 2.20. The number of hydrogen-bond donors (Lipinski definition) is 2. The zero-order valence-corrected chi connectivity index (χ0v) is 11.2. The minimum absolute atomic E-state index is 0.159. The molecule has 0 aliphatic heterocycles. The number of pyridine rings is 1. The third-order valence-corrected chi connectivity index (χ3v) is 2.75. The van der Waals surface area contributed by atoms with Crippen LogP contribution in [0, 0.1) is 6.92 Å². The number of nitrogens with one attached hydrogen (secondary N) is 2. The van der Waals surface area contributed by atoms with E-state index in [9.17, 15) is 4.79 Å². The van der Waals surface area contributed by atoms with Gasteiger partial charge in [-0.05, 0) is 26.1 Å². The third kappa shape index (κ3) is 3.17. The van der Waals surface area contributed by atoms with Crippen molar-refractivity contribution in [2.45, 2.75) is 13.0 Å². The number of likely N-dealkylation sites (N-methyl/N-ethyl adjacent to an activating group) is 1. The quantitative estimate of drug-likeness (QED) is 0.860. The summed E-state index contributed by atoms with van der Waals surface area (Å²) in [7, 11) is 3.55. The van der Waals surface area contributed by atoms with Crippen LogP contribution >= 0.6 is 0 Å². The van der Waals surface area contributed by atoms with Gasteiger partial charge in [0.05, 0.1) is 6.20 Å². The number of rotatable bonds is 4. The highest BCUT2D eigenvalue weighted by Crippen LogP contribution is 2.14. The molecular weight excluding hydrogens is 242 g/mol. The van der Waals surface area contributed by atoms with E-state index in [2.05, 4.69) is 20.7 Å². The Kier molecular flexibility index (Phi) is 3.91. The molecule has 6 nitrogen and oxygen atoms in total. The first-order chi connectivity index (χ1) is 9.10. The molecule has 2 aromatic rings. The summed E-state index contributed by atoms with van der Waals surface area (Å²) >= 11 is 0. The van der Waals surface area contributed by atoms with Crippen LogP contribution in [0.3, 0.4) is 0 Å². The van der Waals surface area contributed by atoms with Gasteiger partial charge in [0, 0.05) is 24.5 Å². The SMILES string of the molecule is CNC(C(=O)Nc1cccc(C)n1)c1cnn(C)c1. The second kappa shape index (κ2) is 5.62. The predicted molar refractivity (Wildman–Crippen MR) is 72.6 cm³/mol. The van der Waals surface area contributed by atoms with Gasteiger partial charge in [0.15, 0.2) is 0 Å². The minimum atomic E-state index is -0.448. The summed E-state index contributed by atoms with van der Waals surface area (Å²) in [4.78, 5) is 16.5. The first-order valence-corrected chi connectivity index (χ1v) is 6.00. The van der Waals surface area contributed by atoms with Crippen LogP contribution in [-0.2, 0) is 11.8 Å². The molecule has 0 fully saturated rings. The Morgan fingerprint density at radius 3 is 2.79 bits per heavy atom. The van der Waals surface area contributed by atoms with Gasteiger partial charge in [-0.15, -0.1) is 0 Å². The lowest BCUT2D eigenvalue weighted by atomic mass is 10.1. The van der Waals surface area contributed by atoms with Crippen LogP contribution in [0.2, 0.25) is 0 Å². The van der Waals surface area contributed by atoms with Gasteiger partial charge in [-0.2, -0.15) is 5.10 Å². The van der Waals surface area contributed by atoms with E-state index < -0.39 is 6.04 Å². The molecule has 1 atom stereocenters. The average molecular weight is 259 g/mol. The maximum absolute atomic E-state index is 12.2. The molecular formula is C13H17N5O. The van der Waals surface area contributed by atoms with Gasteiger partial charge in [-0.3, -0.25) is 9.48 Å². The highest BCUT2D eigenvalue weighted by molar-refractivity contribution is 5.94. The molecule has 1 unspecified atom stereocenters. The van der Waals surface area contributed by atoms with Crippen molar-refractivity contribution >= 4 is 11.7 Å². The summed E-state index contributed by atoms with van der Waals surface area (Å²) in [6, 6.07) is 5.06. The van der Waals surface area contributed by atoms with Gasteiger partial charge in [0.1, 0.15) is 11.9 Å². The Morgan fingerprint density at radius 2 is 2.21 bits per heavy atom. The van der Waals surface area contributed by atoms with E-state index in [0.29, 0.717) is 5.82 Å². The van der Waals surface area contributed by atoms with Crippen molar-refractivity contribution in [1.82, 2.24) is 20.1 Å². The van der Waals surface area contributed by atoms with Gasteiger partial charge >= 0.3 is 0 Å². The Labute approximate surface area is 111 Å². The van der Waals surface area contributed by atoms with Crippen molar-refractivity contribution in [3.05, 3.63) is 41.9 Å². The van der Waals surface area contributed by atoms with Gasteiger partial charge in [-0.25, -0.2) is 4.98 Å². The molecule has 100 valence electrons. The van der Waals surface area contributed by atoms with Crippen LogP contribution in [0.4, 0.5) is 5.82 Å². The van der Waals surface area contributed by atoms with E-state index in [1.165, 1.54) is 0 Å². The normalized spacial score (nSPS) is 12.2. The number of amides is 1. The summed E-state index contributed by atoms with van der Waals surface area (Å²) in [6.45, 7) is 1.88. The Bertz CT molecular complexity index is 578. The van der Waals surface area contributed by atoms with Crippen molar-refractivity contribution in [2.24, 2.45) is 7.05 Å². The van der Waals surface area contributed by atoms with E-state index in [4.69, 9.17) is 0 Å². The molecule has 2 N–H and O–H groups in total. The minimum Gasteiger partial charge on any atom is -0.309 e. The summed E-state index contributed by atoms with van der Waals surface area (Å²) in [5.41, 5.74) is 1.68. The third-order valence-electron chi connectivity index (χ3n) is 2.75. The first kappa shape index (κ1) is 13.2. The smallest absolute Gasteiger partial charge is 0.247 e. The molecule has 1 amide bonds. The van der Waals surface area contributed by atoms with Crippen LogP contribution in [0.25, 0.3) is 0 Å². The fourth-order valence-corrected chi connectivity index (χ4v) is 1.85. The fraction of sp³-hybridized carbons (Fsp3) is 0.308. The molecule has 2 heterocycles. The summed E-state index contributed by atoms with van der Waals surface area (Å²) < 4.78 is 1.66. The molecule has 0 radical (unpaired) electrons. The maximum Gasteiger partial charge on any atom is 0.247 e. The van der Waals surface area contributed by atoms with Gasteiger partial charge < -0.3 is 10.6 Å². The summed E-state index contributed by atoms with van der Waals surface area (Å²) in [5.74, 6) is 0.391. The Hall–Kier alpha value is -2.21. The van der Waals surface area contributed by atoms with E-state index in [0.717, 1.165) is 11.3 Å². The molecule has 0 spiro atoms. The lowest BCUT2D eigenvalue weighted by Crippen LogP contribution is -2.30. The van der Waals surface area contributed by atoms with Crippen LogP contribution < -0.4 is 10.6 Å². The van der Waals surface area contributed by atoms with Crippen molar-refractivity contribution in [3.8, 4) is 0 Å². The van der Waals surface area contributed by atoms with Crippen molar-refractivity contribution in [1.29, 1.82) is 0 Å². The summed E-state index contributed by atoms with van der Waals surface area (Å²) in [6.07, 6.45) is 3.48. The number of nitrogens with zero attached hydrogens (tertiary/aromatic N) is 3. The largest absolute Gasteiger partial charge is 0.309 e. The topological polar surface area (TPSA) is 71.8 Å². The molecule has 19 heavy (non-hydrogen) atoms. The van der Waals surface area contributed by atoms with E-state index in [-0.39, 0.29) is 5.91 Å². The lowest BCUT2D eigenvalue weighted by Gasteiger charge is -2.14. The number of carbonyl (C=O) groups excluding carboxylic acids is 1. The molecule has 0 aliphatic rings. The summed E-state index contributed by atoms with van der Waals surface area (Å²) in [5, 5.41) is 9.84. The molecule has 2 rings (SSSR count). The van der Waals surface area contributed by atoms with Crippen molar-refractivity contribution in [2.75, 3.05) is 12.4 Å². The number of anilines is 1. The van der Waals surface area contributed by atoms with Crippen LogP contribution in [0.15, 0.2) is 30.6 Å². The molecule has 6 heteroatoms. The van der Waals surface area contributed by atoms with Crippen LogP contribution in [-0.4, -0.2) is 27.7 Å². The van der Waals surface area contributed by atoms with Crippen LogP contribution in [0.5, 0.6) is 0 Å². The highest BCUT2D eigenvalue weighted by atomic mass is 16.2. The van der Waals surface area contributed by atoms with Crippen LogP contribution in [0.1, 0.15) is 17.3 Å². The second-order valence-corrected chi connectivity index (χ2v) is 4.32. The second-order valence-electron chi connectivity index (χ2n) is 4.32. The standard InChI is InChI=1S/C13H17N5O/c1-9-5-4-6-11(16-9)17-13(19)12(14-2)10-7-15-18(3)8-10/h4-8,12,14H,1-3H3,(H,16,17,19). The predicted octanol–water partition coefficient (Wildman–Crippen LogP) is 1.02. The zero-order chi connectivity index (χ0) is 13.8. The van der Waals surface area contributed by atoms with E-state index >= 15 is 0 Å². The number of aryl methyl sites for hydroxylation is 2. The maximum atomic E-state index is 12.2. The average Bonchev–Trinajstić information content (AvgIpc) is 2.76. The van der Waals surface area contributed by atoms with Gasteiger partial charge in [-0.1, -0.05) is 6.07 Å². The first-order valence-electron chi connectivity index (χ1n) is 6.00. The van der Waals surface area contributed by atoms with Crippen molar-refractivity contribution in [3.63, 3.8) is 0 Å². The molecule has 0 saturated heterocycles. The molecule has 0 aromatic carbocycles. The molecule has 0 aliphatic carbocycles. The van der Waals surface area contributed by atoms with Gasteiger partial charge in [0.25, 0.3) is 0 Å². The van der Waals surface area contributed by atoms with E-state index in [1.807, 2.05) is 32.3 Å². The number of hydrogen-bond acceptors (Lipinski definition) is 4. The van der Waals surface area contributed by atoms with Crippen molar-refractivity contribution < 1.29 is 4.79 Å². The molecule has 2 aromatic heterocycles. The molecule has 0 bridgehead atoms. The molecule has 0 saturated carbocycles. The zero-order valence-electron chi connectivity index (χ0n) is 11.2. The van der Waals surface area contributed by atoms with Gasteiger partial charge in [0.2, 0.25) is 5.91 Å².